The lowest BCUT2D eigenvalue weighted by Crippen LogP contribution is -2.18. The van der Waals surface area contributed by atoms with E-state index in [1.807, 2.05) is 25.2 Å². The van der Waals surface area contributed by atoms with Crippen LogP contribution in [0, 0.1) is 0 Å². The second-order valence-electron chi connectivity index (χ2n) is 6.82. The van der Waals surface area contributed by atoms with E-state index in [2.05, 4.69) is 0 Å². The minimum absolute atomic E-state index is 0.00894. The first-order valence-corrected chi connectivity index (χ1v) is 9.50. The van der Waals surface area contributed by atoms with Crippen LogP contribution in [0.25, 0.3) is 0 Å². The van der Waals surface area contributed by atoms with Crippen molar-refractivity contribution >= 4 is 11.8 Å². The molecule has 0 amide bonds. The second kappa shape index (κ2) is 11.8. The van der Waals surface area contributed by atoms with E-state index >= 15 is 0 Å². The summed E-state index contributed by atoms with van der Waals surface area (Å²) in [7, 11) is 0. The van der Waals surface area contributed by atoms with Gasteiger partial charge in [0.15, 0.2) is 5.78 Å². The summed E-state index contributed by atoms with van der Waals surface area (Å²) in [6.07, 6.45) is 5.34. The Kier molecular flexibility index (Phi) is 10.1. The van der Waals surface area contributed by atoms with Crippen LogP contribution in [0.3, 0.4) is 0 Å². The number of allylic oxidation sites excluding steroid dienone is 5. The number of carbonyl (C=O) groups excluding carboxylic acids is 2. The highest BCUT2D eigenvalue weighted by Crippen LogP contribution is 2.25. The zero-order chi connectivity index (χ0) is 20.3. The molecule has 0 saturated carbocycles. The summed E-state index contributed by atoms with van der Waals surface area (Å²) < 4.78 is 42.3. The number of rotatable bonds is 11. The van der Waals surface area contributed by atoms with Crippen molar-refractivity contribution in [3.05, 3.63) is 35.5 Å². The van der Waals surface area contributed by atoms with Gasteiger partial charge in [-0.3, -0.25) is 9.59 Å². The zero-order valence-electron chi connectivity index (χ0n) is 16.1. The molecule has 1 aliphatic carbocycles. The Morgan fingerprint density at radius 3 is 2.63 bits per heavy atom. The van der Waals surface area contributed by atoms with Gasteiger partial charge < -0.3 is 4.74 Å². The number of Topliss-reactive ketones (excluding diaryl/α,β-unsaturated/α-hetero) is 1. The molecule has 0 aliphatic heterocycles. The molecule has 0 fully saturated rings. The van der Waals surface area contributed by atoms with Crippen LogP contribution < -0.4 is 0 Å². The SMILES string of the molecule is C/C=C\CCCC(=O)OC(C/C=C1\CC=C(C)C1=O)CCCCC(F)(F)F. The first-order valence-electron chi connectivity index (χ1n) is 9.50. The Hall–Kier alpha value is -1.85. The lowest BCUT2D eigenvalue weighted by atomic mass is 10.0. The number of alkyl halides is 3. The molecular formula is C21H29F3O3. The van der Waals surface area contributed by atoms with Crippen molar-refractivity contribution < 1.29 is 27.5 Å². The fraction of sp³-hybridized carbons (Fsp3) is 0.619. The summed E-state index contributed by atoms with van der Waals surface area (Å²) >= 11 is 0. The standard InChI is InChI=1S/C21H29F3O3/c1-3-4-5-6-10-19(25)27-18(9-7-8-15-21(22,23)24)14-13-17-12-11-16(2)20(17)26/h3-4,11,13,18H,5-10,12,14-15H2,1-2H3/b4-3-,17-13+. The van der Waals surface area contributed by atoms with Crippen molar-refractivity contribution in [1.82, 2.24) is 0 Å². The molecule has 0 aromatic rings. The summed E-state index contributed by atoms with van der Waals surface area (Å²) in [6, 6.07) is 0. The Bertz CT molecular complexity index is 586. The molecule has 0 heterocycles. The van der Waals surface area contributed by atoms with E-state index in [1.165, 1.54) is 0 Å². The highest BCUT2D eigenvalue weighted by molar-refractivity contribution is 6.10. The van der Waals surface area contributed by atoms with Gasteiger partial charge in [-0.15, -0.1) is 0 Å². The number of halogens is 3. The van der Waals surface area contributed by atoms with Gasteiger partial charge in [-0.1, -0.05) is 24.3 Å². The monoisotopic (exact) mass is 386 g/mol. The van der Waals surface area contributed by atoms with Crippen LogP contribution in [0.2, 0.25) is 0 Å². The number of ether oxygens (including phenoxy) is 1. The minimum Gasteiger partial charge on any atom is -0.462 e. The third-order valence-electron chi connectivity index (χ3n) is 4.43. The van der Waals surface area contributed by atoms with Gasteiger partial charge in [0, 0.05) is 19.3 Å². The van der Waals surface area contributed by atoms with E-state index < -0.39 is 18.7 Å². The van der Waals surface area contributed by atoms with Crippen LogP contribution in [0.4, 0.5) is 13.2 Å². The van der Waals surface area contributed by atoms with Crippen LogP contribution in [0.5, 0.6) is 0 Å². The van der Waals surface area contributed by atoms with E-state index in [9.17, 15) is 22.8 Å². The first kappa shape index (κ1) is 23.2. The number of unbranched alkanes of at least 4 members (excludes halogenated alkanes) is 2. The molecule has 0 aromatic heterocycles. The number of hydrogen-bond donors (Lipinski definition) is 0. The topological polar surface area (TPSA) is 43.4 Å². The summed E-state index contributed by atoms with van der Waals surface area (Å²) in [5.74, 6) is -0.353. The van der Waals surface area contributed by atoms with Gasteiger partial charge in [-0.05, 0) is 63.5 Å². The Morgan fingerprint density at radius 2 is 2.04 bits per heavy atom. The maximum atomic E-state index is 12.3. The molecule has 0 bridgehead atoms. The van der Waals surface area contributed by atoms with Crippen molar-refractivity contribution in [3.63, 3.8) is 0 Å². The van der Waals surface area contributed by atoms with Crippen LogP contribution >= 0.6 is 0 Å². The molecule has 0 N–H and O–H groups in total. The van der Waals surface area contributed by atoms with Crippen molar-refractivity contribution in [2.45, 2.75) is 83.9 Å². The zero-order valence-corrected chi connectivity index (χ0v) is 16.1. The molecule has 1 unspecified atom stereocenters. The van der Waals surface area contributed by atoms with E-state index in [-0.39, 0.29) is 24.6 Å². The third-order valence-corrected chi connectivity index (χ3v) is 4.43. The quantitative estimate of drug-likeness (QED) is 0.189. The number of carbonyl (C=O) groups is 2. The van der Waals surface area contributed by atoms with E-state index in [1.54, 1.807) is 13.0 Å². The normalized spacial score (nSPS) is 17.6. The summed E-state index contributed by atoms with van der Waals surface area (Å²) in [5.41, 5.74) is 1.36. The van der Waals surface area contributed by atoms with Gasteiger partial charge in [0.05, 0.1) is 0 Å². The molecule has 0 radical (unpaired) electrons. The molecule has 1 atom stereocenters. The van der Waals surface area contributed by atoms with Crippen molar-refractivity contribution in [2.75, 3.05) is 0 Å². The predicted molar refractivity (Wildman–Crippen MR) is 99.1 cm³/mol. The highest BCUT2D eigenvalue weighted by Gasteiger charge is 2.26. The fourth-order valence-electron chi connectivity index (χ4n) is 2.85. The molecule has 6 heteroatoms. The predicted octanol–water partition coefficient (Wildman–Crippen LogP) is 6.00. The van der Waals surface area contributed by atoms with Gasteiger partial charge in [0.1, 0.15) is 6.10 Å². The average molecular weight is 386 g/mol. The maximum absolute atomic E-state index is 12.3. The molecule has 1 rings (SSSR count). The molecule has 1 aliphatic rings. The molecule has 152 valence electrons. The third kappa shape index (κ3) is 10.2. The molecule has 0 saturated heterocycles. The summed E-state index contributed by atoms with van der Waals surface area (Å²) in [4.78, 5) is 23.9. The van der Waals surface area contributed by atoms with Gasteiger partial charge in [0.25, 0.3) is 0 Å². The molecule has 3 nitrogen and oxygen atoms in total. The number of esters is 1. The van der Waals surface area contributed by atoms with Crippen molar-refractivity contribution in [3.8, 4) is 0 Å². The van der Waals surface area contributed by atoms with Gasteiger partial charge in [0.2, 0.25) is 0 Å². The molecular weight excluding hydrogens is 357 g/mol. The number of hydrogen-bond acceptors (Lipinski definition) is 3. The van der Waals surface area contributed by atoms with Crippen LogP contribution in [-0.4, -0.2) is 24.0 Å². The van der Waals surface area contributed by atoms with E-state index in [0.29, 0.717) is 43.3 Å². The molecule has 0 aromatic carbocycles. The maximum Gasteiger partial charge on any atom is 0.389 e. The highest BCUT2D eigenvalue weighted by atomic mass is 19.4. The number of ketones is 1. The fourth-order valence-corrected chi connectivity index (χ4v) is 2.85. The largest absolute Gasteiger partial charge is 0.462 e. The van der Waals surface area contributed by atoms with Crippen LogP contribution in [0.15, 0.2) is 35.5 Å². The van der Waals surface area contributed by atoms with Gasteiger partial charge in [-0.25, -0.2) is 0 Å². The molecule has 0 spiro atoms. The lowest BCUT2D eigenvalue weighted by molar-refractivity contribution is -0.150. The van der Waals surface area contributed by atoms with Gasteiger partial charge in [-0.2, -0.15) is 13.2 Å². The van der Waals surface area contributed by atoms with E-state index in [0.717, 1.165) is 6.42 Å². The first-order chi connectivity index (χ1) is 12.7. The smallest absolute Gasteiger partial charge is 0.389 e. The Labute approximate surface area is 159 Å². The van der Waals surface area contributed by atoms with Crippen molar-refractivity contribution in [1.29, 1.82) is 0 Å². The van der Waals surface area contributed by atoms with Crippen LogP contribution in [-0.2, 0) is 14.3 Å². The Morgan fingerprint density at radius 1 is 1.30 bits per heavy atom. The second-order valence-corrected chi connectivity index (χ2v) is 6.82. The van der Waals surface area contributed by atoms with E-state index in [4.69, 9.17) is 4.74 Å². The Balaban J connectivity index is 2.53. The van der Waals surface area contributed by atoms with Crippen molar-refractivity contribution in [2.24, 2.45) is 0 Å². The summed E-state index contributed by atoms with van der Waals surface area (Å²) in [5, 5.41) is 0. The lowest BCUT2D eigenvalue weighted by Gasteiger charge is -2.17. The average Bonchev–Trinajstić information content (AvgIpc) is 2.91. The summed E-state index contributed by atoms with van der Waals surface area (Å²) in [6.45, 7) is 3.66. The minimum atomic E-state index is -4.17. The van der Waals surface area contributed by atoms with Gasteiger partial charge >= 0.3 is 12.1 Å². The van der Waals surface area contributed by atoms with Crippen LogP contribution in [0.1, 0.15) is 71.6 Å². The molecule has 27 heavy (non-hydrogen) atoms.